The summed E-state index contributed by atoms with van der Waals surface area (Å²) in [5.74, 6) is -0.647. The summed E-state index contributed by atoms with van der Waals surface area (Å²) in [4.78, 5) is 22.4. The first-order valence-electron chi connectivity index (χ1n) is 8.05. The number of amides is 1. The summed E-state index contributed by atoms with van der Waals surface area (Å²) >= 11 is 0. The van der Waals surface area contributed by atoms with Gasteiger partial charge in [0.25, 0.3) is 0 Å². The highest BCUT2D eigenvalue weighted by atomic mass is 16.5. The molecule has 0 saturated heterocycles. The minimum absolute atomic E-state index is 0.208. The van der Waals surface area contributed by atoms with Crippen molar-refractivity contribution in [3.8, 4) is 0 Å². The second-order valence-corrected chi connectivity index (χ2v) is 5.53. The maximum Gasteiger partial charge on any atom is 0.305 e. The molecule has 0 unspecified atom stereocenters. The number of nitrogens with zero attached hydrogens (tertiary/aromatic N) is 1. The van der Waals surface area contributed by atoms with E-state index in [0.29, 0.717) is 19.3 Å². The van der Waals surface area contributed by atoms with Crippen molar-refractivity contribution in [2.45, 2.75) is 62.9 Å². The fourth-order valence-electron chi connectivity index (χ4n) is 1.88. The Bertz CT molecular complexity index is 418. The molecule has 25 heavy (non-hydrogen) atoms. The lowest BCUT2D eigenvalue weighted by molar-refractivity contribution is -0.140. The number of hydrogen-bond acceptors (Lipinski definition) is 9. The maximum atomic E-state index is 11.5. The first-order chi connectivity index (χ1) is 11.8. The van der Waals surface area contributed by atoms with E-state index in [1.165, 1.54) is 7.11 Å². The van der Waals surface area contributed by atoms with Gasteiger partial charge in [-0.3, -0.25) is 9.59 Å². The highest BCUT2D eigenvalue weighted by molar-refractivity contribution is 5.77. The highest BCUT2D eigenvalue weighted by Gasteiger charge is 2.29. The molecule has 0 aliphatic heterocycles. The third-order valence-corrected chi connectivity index (χ3v) is 3.46. The van der Waals surface area contributed by atoms with E-state index in [1.807, 2.05) is 0 Å². The van der Waals surface area contributed by atoms with Crippen LogP contribution in [0, 0.1) is 0 Å². The minimum atomic E-state index is -1.77. The predicted molar refractivity (Wildman–Crippen MR) is 87.5 cm³/mol. The predicted octanol–water partition coefficient (Wildman–Crippen LogP) is -1.96. The molecule has 0 radical (unpaired) electrons. The number of methoxy groups -OCH3 is 1. The topological polar surface area (TPSA) is 169 Å². The zero-order chi connectivity index (χ0) is 19.2. The molecule has 0 spiro atoms. The van der Waals surface area contributed by atoms with Crippen LogP contribution in [0.15, 0.2) is 5.10 Å². The number of rotatable bonds is 13. The van der Waals surface area contributed by atoms with Gasteiger partial charge in [0.05, 0.1) is 19.9 Å². The number of carbonyl (C=O) groups excluding carboxylic acids is 2. The van der Waals surface area contributed by atoms with Gasteiger partial charge < -0.3 is 30.3 Å². The first-order valence-corrected chi connectivity index (χ1v) is 8.05. The van der Waals surface area contributed by atoms with Gasteiger partial charge in [-0.2, -0.15) is 5.10 Å². The molecule has 10 nitrogen and oxygen atoms in total. The second-order valence-electron chi connectivity index (χ2n) is 5.53. The largest absolute Gasteiger partial charge is 0.469 e. The Kier molecular flexibility index (Phi) is 12.8. The van der Waals surface area contributed by atoms with Gasteiger partial charge in [0.2, 0.25) is 5.91 Å². The number of hydrazone groups is 1. The third-order valence-electron chi connectivity index (χ3n) is 3.46. The van der Waals surface area contributed by atoms with Crippen LogP contribution in [0.1, 0.15) is 38.5 Å². The third kappa shape index (κ3) is 10.8. The number of ether oxygens (including phenoxy) is 1. The van der Waals surface area contributed by atoms with Crippen molar-refractivity contribution in [1.82, 2.24) is 5.43 Å². The molecule has 0 fully saturated rings. The van der Waals surface area contributed by atoms with Crippen molar-refractivity contribution in [3.63, 3.8) is 0 Å². The molecule has 0 bridgehead atoms. The Morgan fingerprint density at radius 3 is 2.20 bits per heavy atom. The number of aliphatic hydroxyl groups excluding tert-OH is 5. The molecule has 0 aliphatic carbocycles. The van der Waals surface area contributed by atoms with Crippen molar-refractivity contribution in [2.75, 3.05) is 13.7 Å². The molecule has 0 aromatic carbocycles. The normalized spacial score (nSPS) is 16.2. The van der Waals surface area contributed by atoms with Gasteiger partial charge in [-0.05, 0) is 12.8 Å². The van der Waals surface area contributed by atoms with Crippen LogP contribution >= 0.6 is 0 Å². The molecule has 0 aliphatic rings. The number of carbonyl (C=O) groups is 2. The number of unbranched alkanes of at least 4 members (excludes halogenated alkanes) is 3. The molecule has 0 aromatic heterocycles. The Morgan fingerprint density at radius 1 is 1.04 bits per heavy atom. The van der Waals surface area contributed by atoms with E-state index in [1.54, 1.807) is 0 Å². The summed E-state index contributed by atoms with van der Waals surface area (Å²) < 4.78 is 4.51. The van der Waals surface area contributed by atoms with E-state index in [-0.39, 0.29) is 18.3 Å². The fourth-order valence-corrected chi connectivity index (χ4v) is 1.88. The fraction of sp³-hybridized carbons (Fsp3) is 0.800. The van der Waals surface area contributed by atoms with Crippen LogP contribution in [0.5, 0.6) is 0 Å². The number of aliphatic hydroxyl groups is 5. The van der Waals surface area contributed by atoms with E-state index in [2.05, 4.69) is 15.3 Å². The summed E-state index contributed by atoms with van der Waals surface area (Å²) in [6.07, 6.45) is -2.53. The molecule has 4 atom stereocenters. The lowest BCUT2D eigenvalue weighted by Gasteiger charge is -2.23. The summed E-state index contributed by atoms with van der Waals surface area (Å²) in [6.45, 7) is -0.779. The maximum absolute atomic E-state index is 11.5. The number of nitrogens with one attached hydrogen (secondary N) is 1. The van der Waals surface area contributed by atoms with Gasteiger partial charge in [0.15, 0.2) is 0 Å². The van der Waals surface area contributed by atoms with Gasteiger partial charge in [-0.25, -0.2) is 5.43 Å². The molecular weight excluding hydrogens is 336 g/mol. The molecule has 6 N–H and O–H groups in total. The van der Waals surface area contributed by atoms with Crippen LogP contribution in [0.2, 0.25) is 0 Å². The van der Waals surface area contributed by atoms with Gasteiger partial charge in [0.1, 0.15) is 24.4 Å². The van der Waals surface area contributed by atoms with Crippen LogP contribution in [-0.4, -0.2) is 81.8 Å². The summed E-state index contributed by atoms with van der Waals surface area (Å²) in [5.41, 5.74) is 2.16. The number of hydrogen-bond donors (Lipinski definition) is 6. The van der Waals surface area contributed by atoms with Gasteiger partial charge in [0, 0.05) is 12.8 Å². The van der Waals surface area contributed by atoms with E-state index < -0.39 is 31.0 Å². The summed E-state index contributed by atoms with van der Waals surface area (Å²) in [6, 6.07) is 0. The Morgan fingerprint density at radius 2 is 1.64 bits per heavy atom. The minimum Gasteiger partial charge on any atom is -0.469 e. The Labute approximate surface area is 146 Å². The smallest absolute Gasteiger partial charge is 0.305 e. The quantitative estimate of drug-likeness (QED) is 0.0947. The molecule has 0 saturated carbocycles. The van der Waals surface area contributed by atoms with Crippen molar-refractivity contribution in [3.05, 3.63) is 0 Å². The zero-order valence-corrected chi connectivity index (χ0v) is 14.2. The molecule has 0 heterocycles. The monoisotopic (exact) mass is 364 g/mol. The van der Waals surface area contributed by atoms with Crippen molar-refractivity contribution >= 4 is 18.1 Å². The molecule has 146 valence electrons. The molecular formula is C15H28N2O8. The zero-order valence-electron chi connectivity index (χ0n) is 14.2. The van der Waals surface area contributed by atoms with E-state index in [4.69, 9.17) is 10.2 Å². The van der Waals surface area contributed by atoms with Crippen molar-refractivity contribution < 1.29 is 39.9 Å². The molecule has 10 heteroatoms. The van der Waals surface area contributed by atoms with Gasteiger partial charge in [-0.1, -0.05) is 12.8 Å². The van der Waals surface area contributed by atoms with E-state index >= 15 is 0 Å². The van der Waals surface area contributed by atoms with Gasteiger partial charge >= 0.3 is 5.97 Å². The molecule has 1 amide bonds. The average molecular weight is 364 g/mol. The van der Waals surface area contributed by atoms with Crippen LogP contribution < -0.4 is 5.43 Å². The lowest BCUT2D eigenvalue weighted by Crippen LogP contribution is -2.46. The SMILES string of the molecule is COC(=O)CCCCCCC(=O)N/N=C/[C@@H](O)[C@@H](O)[C@H](O)[C@H](O)CO. The van der Waals surface area contributed by atoms with Crippen LogP contribution in [-0.2, 0) is 14.3 Å². The molecule has 0 aromatic rings. The standard InChI is InChI=1S/C15H28N2O8/c1-25-13(22)7-5-3-2-4-6-12(21)17-16-8-10(19)14(23)15(24)11(20)9-18/h8,10-11,14-15,18-20,23-24H,2-7,9H2,1H3,(H,17,21)/b16-8+/t10-,11-,14-,15-/m1/s1. The highest BCUT2D eigenvalue weighted by Crippen LogP contribution is 2.06. The molecule has 0 rings (SSSR count). The van der Waals surface area contributed by atoms with Crippen LogP contribution in [0.3, 0.4) is 0 Å². The summed E-state index contributed by atoms with van der Waals surface area (Å²) in [7, 11) is 1.33. The summed E-state index contributed by atoms with van der Waals surface area (Å²) in [5, 5.41) is 49.7. The van der Waals surface area contributed by atoms with E-state index in [9.17, 15) is 24.9 Å². The second kappa shape index (κ2) is 13.7. The average Bonchev–Trinajstić information content (AvgIpc) is 2.61. The first kappa shape index (κ1) is 23.4. The van der Waals surface area contributed by atoms with Crippen LogP contribution in [0.25, 0.3) is 0 Å². The van der Waals surface area contributed by atoms with E-state index in [0.717, 1.165) is 19.1 Å². The van der Waals surface area contributed by atoms with Crippen molar-refractivity contribution in [2.24, 2.45) is 5.10 Å². The Balaban J connectivity index is 3.89. The van der Waals surface area contributed by atoms with Crippen LogP contribution in [0.4, 0.5) is 0 Å². The lowest BCUT2D eigenvalue weighted by atomic mass is 10.0. The van der Waals surface area contributed by atoms with Crippen molar-refractivity contribution in [1.29, 1.82) is 0 Å². The Hall–Kier alpha value is -1.59. The number of esters is 1. The van der Waals surface area contributed by atoms with Gasteiger partial charge in [-0.15, -0.1) is 0 Å².